The van der Waals surface area contributed by atoms with Crippen LogP contribution in [0.15, 0.2) is 24.8 Å². The molecule has 0 spiro atoms. The number of nitrogens with one attached hydrogen (secondary N) is 1. The summed E-state index contributed by atoms with van der Waals surface area (Å²) in [4.78, 5) is 0. The van der Waals surface area contributed by atoms with Crippen molar-refractivity contribution in [1.82, 2.24) is 5.32 Å². The van der Waals surface area contributed by atoms with E-state index in [4.69, 9.17) is 4.74 Å². The Balaban J connectivity index is 2.97. The predicted molar refractivity (Wildman–Crippen MR) is 69.0 cm³/mol. The molecule has 1 N–H and O–H groups in total. The molecule has 0 aliphatic carbocycles. The minimum Gasteiger partial charge on any atom is -0.486 e. The molecular weight excluding hydrogens is 198 g/mol. The standard InChI is InChI=1S/C14H21NO/c1-6-12(4)16-14-10(2)7-13(9-15-5)8-11(14)3/h6-8,12,15H,1,9H2,2-5H3. The maximum atomic E-state index is 5.82. The van der Waals surface area contributed by atoms with Crippen molar-refractivity contribution >= 4 is 0 Å². The highest BCUT2D eigenvalue weighted by Gasteiger charge is 2.08. The Labute approximate surface area is 98.3 Å². The van der Waals surface area contributed by atoms with Gasteiger partial charge in [-0.2, -0.15) is 0 Å². The van der Waals surface area contributed by atoms with E-state index in [1.807, 2.05) is 14.0 Å². The third-order valence-corrected chi connectivity index (χ3v) is 2.54. The molecule has 0 saturated carbocycles. The smallest absolute Gasteiger partial charge is 0.126 e. The van der Waals surface area contributed by atoms with E-state index in [0.717, 1.165) is 12.3 Å². The van der Waals surface area contributed by atoms with E-state index >= 15 is 0 Å². The second-order valence-corrected chi connectivity index (χ2v) is 4.15. The van der Waals surface area contributed by atoms with Gasteiger partial charge in [0.2, 0.25) is 0 Å². The van der Waals surface area contributed by atoms with Crippen LogP contribution in [0.5, 0.6) is 5.75 Å². The van der Waals surface area contributed by atoms with E-state index in [9.17, 15) is 0 Å². The highest BCUT2D eigenvalue weighted by molar-refractivity contribution is 5.43. The first-order chi connectivity index (χ1) is 7.58. The topological polar surface area (TPSA) is 21.3 Å². The fraction of sp³-hybridized carbons (Fsp3) is 0.429. The molecule has 1 atom stereocenters. The second kappa shape index (κ2) is 5.71. The summed E-state index contributed by atoms with van der Waals surface area (Å²) in [5.41, 5.74) is 3.65. The zero-order valence-electron chi connectivity index (χ0n) is 10.6. The number of aryl methyl sites for hydroxylation is 2. The average Bonchev–Trinajstić information content (AvgIpc) is 2.23. The van der Waals surface area contributed by atoms with Crippen LogP contribution in [0.1, 0.15) is 23.6 Å². The molecule has 0 heterocycles. The fourth-order valence-electron chi connectivity index (χ4n) is 1.77. The van der Waals surface area contributed by atoms with Crippen molar-refractivity contribution < 1.29 is 4.74 Å². The lowest BCUT2D eigenvalue weighted by Crippen LogP contribution is -2.11. The van der Waals surface area contributed by atoms with Gasteiger partial charge in [-0.15, -0.1) is 0 Å². The molecule has 1 aromatic carbocycles. The molecule has 1 aromatic rings. The first-order valence-electron chi connectivity index (χ1n) is 5.62. The highest BCUT2D eigenvalue weighted by Crippen LogP contribution is 2.26. The minimum atomic E-state index is 0.0487. The average molecular weight is 219 g/mol. The summed E-state index contributed by atoms with van der Waals surface area (Å²) in [5.74, 6) is 0.979. The molecule has 1 rings (SSSR count). The van der Waals surface area contributed by atoms with Gasteiger partial charge < -0.3 is 10.1 Å². The monoisotopic (exact) mass is 219 g/mol. The number of ether oxygens (including phenoxy) is 1. The number of benzene rings is 1. The van der Waals surface area contributed by atoms with Crippen molar-refractivity contribution in [3.63, 3.8) is 0 Å². The van der Waals surface area contributed by atoms with Gasteiger partial charge in [0.15, 0.2) is 0 Å². The molecule has 1 unspecified atom stereocenters. The van der Waals surface area contributed by atoms with Crippen LogP contribution < -0.4 is 10.1 Å². The summed E-state index contributed by atoms with van der Waals surface area (Å²) in [6.07, 6.45) is 1.85. The third-order valence-electron chi connectivity index (χ3n) is 2.54. The largest absolute Gasteiger partial charge is 0.486 e. The predicted octanol–water partition coefficient (Wildman–Crippen LogP) is 2.98. The Morgan fingerprint density at radius 1 is 1.38 bits per heavy atom. The van der Waals surface area contributed by atoms with Crippen LogP contribution in [0.25, 0.3) is 0 Å². The van der Waals surface area contributed by atoms with Gasteiger partial charge in [0.1, 0.15) is 11.9 Å². The SMILES string of the molecule is C=CC(C)Oc1c(C)cc(CNC)cc1C. The van der Waals surface area contributed by atoms with Crippen molar-refractivity contribution in [3.8, 4) is 5.75 Å². The van der Waals surface area contributed by atoms with Crippen LogP contribution in [-0.4, -0.2) is 13.2 Å². The summed E-state index contributed by atoms with van der Waals surface area (Å²) in [6.45, 7) is 10.8. The summed E-state index contributed by atoms with van der Waals surface area (Å²) in [7, 11) is 1.95. The Bertz CT molecular complexity index is 348. The fourth-order valence-corrected chi connectivity index (χ4v) is 1.77. The normalized spacial score (nSPS) is 12.2. The van der Waals surface area contributed by atoms with Crippen molar-refractivity contribution in [3.05, 3.63) is 41.5 Å². The van der Waals surface area contributed by atoms with Crippen molar-refractivity contribution in [1.29, 1.82) is 0 Å². The molecule has 0 fully saturated rings. The molecule has 0 radical (unpaired) electrons. The van der Waals surface area contributed by atoms with Crippen LogP contribution in [0.2, 0.25) is 0 Å². The van der Waals surface area contributed by atoms with Gasteiger partial charge >= 0.3 is 0 Å². The molecule has 0 aliphatic heterocycles. The highest BCUT2D eigenvalue weighted by atomic mass is 16.5. The molecule has 0 amide bonds. The molecule has 0 aliphatic rings. The second-order valence-electron chi connectivity index (χ2n) is 4.15. The number of hydrogen-bond acceptors (Lipinski definition) is 2. The minimum absolute atomic E-state index is 0.0487. The molecule has 2 heteroatoms. The Morgan fingerprint density at radius 3 is 2.38 bits per heavy atom. The van der Waals surface area contributed by atoms with Gasteiger partial charge in [0.25, 0.3) is 0 Å². The van der Waals surface area contributed by atoms with Crippen molar-refractivity contribution in [2.75, 3.05) is 7.05 Å². The first kappa shape index (κ1) is 12.8. The summed E-state index contributed by atoms with van der Waals surface area (Å²) in [5, 5.41) is 3.15. The van der Waals surface area contributed by atoms with Crippen LogP contribution in [-0.2, 0) is 6.54 Å². The Morgan fingerprint density at radius 2 is 1.94 bits per heavy atom. The van der Waals surface area contributed by atoms with Crippen molar-refractivity contribution in [2.45, 2.75) is 33.4 Å². The molecule has 88 valence electrons. The number of rotatable bonds is 5. The Kier molecular flexibility index (Phi) is 4.56. The maximum absolute atomic E-state index is 5.82. The zero-order chi connectivity index (χ0) is 12.1. The summed E-state index contributed by atoms with van der Waals surface area (Å²) >= 11 is 0. The van der Waals surface area contributed by atoms with E-state index in [1.165, 1.54) is 16.7 Å². The van der Waals surface area contributed by atoms with Gasteiger partial charge in [0, 0.05) is 6.54 Å². The molecule has 16 heavy (non-hydrogen) atoms. The molecule has 2 nitrogen and oxygen atoms in total. The summed E-state index contributed by atoms with van der Waals surface area (Å²) < 4.78 is 5.82. The van der Waals surface area contributed by atoms with E-state index in [2.05, 4.69) is 37.9 Å². The van der Waals surface area contributed by atoms with Gasteiger partial charge in [0.05, 0.1) is 0 Å². The molecule has 0 saturated heterocycles. The van der Waals surface area contributed by atoms with Gasteiger partial charge in [-0.25, -0.2) is 0 Å². The molecule has 0 aromatic heterocycles. The van der Waals surface area contributed by atoms with Crippen molar-refractivity contribution in [2.24, 2.45) is 0 Å². The van der Waals surface area contributed by atoms with Crippen LogP contribution in [0, 0.1) is 13.8 Å². The lowest BCUT2D eigenvalue weighted by Gasteiger charge is -2.17. The van der Waals surface area contributed by atoms with Gasteiger partial charge in [-0.05, 0) is 44.5 Å². The molecule has 0 bridgehead atoms. The third kappa shape index (κ3) is 3.11. The molecular formula is C14H21NO. The quantitative estimate of drug-likeness (QED) is 0.769. The lowest BCUT2D eigenvalue weighted by atomic mass is 10.1. The van der Waals surface area contributed by atoms with E-state index in [0.29, 0.717) is 0 Å². The van der Waals surface area contributed by atoms with E-state index < -0.39 is 0 Å². The van der Waals surface area contributed by atoms with Crippen LogP contribution in [0.4, 0.5) is 0 Å². The first-order valence-corrected chi connectivity index (χ1v) is 5.62. The Hall–Kier alpha value is -1.28. The maximum Gasteiger partial charge on any atom is 0.126 e. The van der Waals surface area contributed by atoms with E-state index in [-0.39, 0.29) is 6.10 Å². The summed E-state index contributed by atoms with van der Waals surface area (Å²) in [6, 6.07) is 4.32. The van der Waals surface area contributed by atoms with Gasteiger partial charge in [-0.1, -0.05) is 24.8 Å². The van der Waals surface area contributed by atoms with E-state index in [1.54, 1.807) is 6.08 Å². The zero-order valence-corrected chi connectivity index (χ0v) is 10.6. The number of hydrogen-bond donors (Lipinski definition) is 1. The lowest BCUT2D eigenvalue weighted by molar-refractivity contribution is 0.266. The van der Waals surface area contributed by atoms with Crippen LogP contribution >= 0.6 is 0 Å². The van der Waals surface area contributed by atoms with Crippen LogP contribution in [0.3, 0.4) is 0 Å². The van der Waals surface area contributed by atoms with Gasteiger partial charge in [-0.3, -0.25) is 0 Å².